The van der Waals surface area contributed by atoms with E-state index in [1.165, 1.54) is 11.3 Å². The second kappa shape index (κ2) is 11.7. The zero-order valence-corrected chi connectivity index (χ0v) is 23.4. The van der Waals surface area contributed by atoms with Crippen LogP contribution in [0.3, 0.4) is 0 Å². The summed E-state index contributed by atoms with van der Waals surface area (Å²) in [6.07, 6.45) is 0.00437. The normalized spacial score (nSPS) is 20.9. The zero-order valence-electron chi connectivity index (χ0n) is 22.6. The number of carbonyl (C=O) groups is 4. The smallest absolute Gasteiger partial charge is 0.437 e. The number of nitrogens with two attached hydrogens (primary N) is 1. The van der Waals surface area contributed by atoms with Gasteiger partial charge in [-0.3, -0.25) is 4.79 Å². The number of ether oxygens (including phenoxy) is 1. The largest absolute Gasteiger partial charge is 0.452 e. The molecule has 0 aromatic carbocycles. The van der Waals surface area contributed by atoms with E-state index in [-0.39, 0.29) is 19.0 Å². The van der Waals surface area contributed by atoms with Crippen molar-refractivity contribution in [2.24, 2.45) is 17.6 Å². The van der Waals surface area contributed by atoms with Crippen LogP contribution in [0, 0.1) is 11.8 Å². The van der Waals surface area contributed by atoms with Crippen molar-refractivity contribution in [3.8, 4) is 0 Å². The van der Waals surface area contributed by atoms with Crippen LogP contribution in [-0.4, -0.2) is 74.8 Å². The monoisotopic (exact) mass is 550 g/mol. The van der Waals surface area contributed by atoms with Gasteiger partial charge in [-0.25, -0.2) is 19.2 Å². The minimum Gasteiger partial charge on any atom is -0.452 e. The van der Waals surface area contributed by atoms with Crippen molar-refractivity contribution in [3.63, 3.8) is 0 Å². The first kappa shape index (κ1) is 29.4. The lowest BCUT2D eigenvalue weighted by molar-refractivity contribution is -0.788. The Hall–Kier alpha value is -3.16. The van der Waals surface area contributed by atoms with E-state index in [1.54, 1.807) is 40.7 Å². The fourth-order valence-electron chi connectivity index (χ4n) is 4.84. The van der Waals surface area contributed by atoms with Crippen LogP contribution >= 0.6 is 11.3 Å². The molecule has 4 atom stereocenters. The molecule has 1 fully saturated rings. The van der Waals surface area contributed by atoms with Crippen LogP contribution in [0.4, 0.5) is 9.59 Å². The summed E-state index contributed by atoms with van der Waals surface area (Å²) in [5.41, 5.74) is 7.01. The van der Waals surface area contributed by atoms with Gasteiger partial charge >= 0.3 is 23.8 Å². The molecule has 0 bridgehead atoms. The van der Waals surface area contributed by atoms with Crippen molar-refractivity contribution >= 4 is 35.2 Å². The van der Waals surface area contributed by atoms with Crippen molar-refractivity contribution in [2.45, 2.75) is 72.1 Å². The molecule has 0 saturated carbocycles. The fourth-order valence-corrected chi connectivity index (χ4v) is 5.50. The van der Waals surface area contributed by atoms with Crippen LogP contribution in [0.1, 0.15) is 63.7 Å². The fraction of sp³-hybridized carbons (Fsp3) is 0.600. The highest BCUT2D eigenvalue weighted by atomic mass is 32.1. The van der Waals surface area contributed by atoms with Crippen LogP contribution in [0.15, 0.2) is 26.0 Å². The number of hydrogen-bond donors (Lipinski definition) is 1. The van der Waals surface area contributed by atoms with Gasteiger partial charge in [0.25, 0.3) is 5.89 Å². The molecule has 4 amide bonds. The molecular formula is C25H36N5O7S+. The molecule has 2 aromatic rings. The molecule has 38 heavy (non-hydrogen) atoms. The van der Waals surface area contributed by atoms with Crippen molar-refractivity contribution in [2.75, 3.05) is 13.7 Å². The highest BCUT2D eigenvalue weighted by molar-refractivity contribution is 7.07. The second-order valence-electron chi connectivity index (χ2n) is 10.3. The third-order valence-corrected chi connectivity index (χ3v) is 7.84. The number of thiophene rings is 1. The van der Waals surface area contributed by atoms with E-state index in [4.69, 9.17) is 14.9 Å². The molecule has 3 rings (SSSR count). The molecule has 1 aliphatic rings. The molecule has 12 nitrogen and oxygen atoms in total. The molecule has 13 heteroatoms. The number of quaternary nitrogens is 1. The molecule has 208 valence electrons. The Morgan fingerprint density at radius 3 is 2.45 bits per heavy atom. The topological polar surface area (TPSA) is 155 Å². The number of rotatable bonds is 8. The molecule has 1 unspecified atom stereocenters. The first-order valence-corrected chi connectivity index (χ1v) is 13.5. The minimum absolute atomic E-state index is 0.0875. The van der Waals surface area contributed by atoms with Crippen LogP contribution < -0.4 is 11.5 Å². The predicted molar refractivity (Wildman–Crippen MR) is 138 cm³/mol. The minimum atomic E-state index is -1.45. The third kappa shape index (κ3) is 5.36. The maximum atomic E-state index is 14.3. The lowest BCUT2D eigenvalue weighted by Crippen LogP contribution is -2.70. The Labute approximate surface area is 224 Å². The maximum Gasteiger partial charge on any atom is 0.437 e. The van der Waals surface area contributed by atoms with E-state index < -0.39 is 64.0 Å². The predicted octanol–water partition coefficient (Wildman–Crippen LogP) is 2.85. The number of methoxy groups -OCH3 is 1. The molecule has 1 aliphatic heterocycles. The number of imide groups is 2. The van der Waals surface area contributed by atoms with Crippen LogP contribution in [0.2, 0.25) is 0 Å². The van der Waals surface area contributed by atoms with Crippen molar-refractivity contribution in [1.82, 2.24) is 14.7 Å². The summed E-state index contributed by atoms with van der Waals surface area (Å²) < 4.78 is 10.4. The van der Waals surface area contributed by atoms with E-state index in [9.17, 15) is 24.0 Å². The standard InChI is InChI=1S/C25H36N5O7S/c1-14(2)18(26)22(32)30(10-7-8-16(30)5)23(33)29(25(35)36-6)19(15(3)4)20(31)21-27-28(24(34)37-21)12-17-9-11-38-13-17/h9,11,13-16,18-19H,7-8,10,12,26H2,1-6H3/q+1/t16-,18+,19+,30?/m1/s1. The number of likely N-dealkylation sites (tertiary alicyclic amines) is 1. The maximum absolute atomic E-state index is 14.3. The first-order valence-electron chi connectivity index (χ1n) is 12.6. The van der Waals surface area contributed by atoms with Crippen molar-refractivity contribution < 1.29 is 32.8 Å². The van der Waals surface area contributed by atoms with Crippen molar-refractivity contribution in [1.29, 1.82) is 0 Å². The number of urea groups is 1. The van der Waals surface area contributed by atoms with E-state index in [2.05, 4.69) is 5.10 Å². The molecule has 0 radical (unpaired) electrons. The van der Waals surface area contributed by atoms with Gasteiger partial charge in [0.15, 0.2) is 0 Å². The molecular weight excluding hydrogens is 514 g/mol. The van der Waals surface area contributed by atoms with E-state index in [1.807, 2.05) is 10.8 Å². The Kier molecular flexibility index (Phi) is 9.05. The van der Waals surface area contributed by atoms with E-state index in [0.29, 0.717) is 17.7 Å². The van der Waals surface area contributed by atoms with Gasteiger partial charge in [-0.05, 0) is 41.1 Å². The first-order chi connectivity index (χ1) is 17.9. The summed E-state index contributed by atoms with van der Waals surface area (Å²) in [7, 11) is 1.08. The van der Waals surface area contributed by atoms with Crippen LogP contribution in [-0.2, 0) is 16.1 Å². The Morgan fingerprint density at radius 2 is 1.95 bits per heavy atom. The molecule has 0 aliphatic carbocycles. The molecule has 3 heterocycles. The van der Waals surface area contributed by atoms with Gasteiger partial charge in [-0.1, -0.05) is 27.7 Å². The summed E-state index contributed by atoms with van der Waals surface area (Å²) in [6.45, 7) is 8.79. The highest BCUT2D eigenvalue weighted by Crippen LogP contribution is 2.33. The number of aromatic nitrogens is 2. The van der Waals surface area contributed by atoms with Gasteiger partial charge in [-0.15, -0.1) is 5.10 Å². The lowest BCUT2D eigenvalue weighted by Gasteiger charge is -2.40. The number of hydrogen-bond acceptors (Lipinski definition) is 10. The van der Waals surface area contributed by atoms with Gasteiger partial charge in [0, 0.05) is 12.8 Å². The Bertz CT molecular complexity index is 1240. The molecule has 2 aromatic heterocycles. The number of carbonyl (C=O) groups excluding carboxylic acids is 4. The average molecular weight is 551 g/mol. The van der Waals surface area contributed by atoms with Gasteiger partial charge in [0.2, 0.25) is 5.78 Å². The summed E-state index contributed by atoms with van der Waals surface area (Å²) in [5, 5.41) is 7.71. The SMILES string of the molecule is COC(=O)N(C(=O)[N+]1(C(=O)[C@@H](N)C(C)C)CCC[C@H]1C)[C@H](C(=O)c1nn(Cc2ccsc2)c(=O)o1)C(C)C. The van der Waals surface area contributed by atoms with Gasteiger partial charge in [0.05, 0.1) is 20.2 Å². The number of Topliss-reactive ketones (excluding diaryl/α,β-unsaturated/α-hetero) is 1. The molecule has 0 spiro atoms. The van der Waals surface area contributed by atoms with Crippen LogP contribution in [0.5, 0.6) is 0 Å². The molecule has 1 saturated heterocycles. The average Bonchev–Trinajstić information content (AvgIpc) is 3.61. The van der Waals surface area contributed by atoms with Gasteiger partial charge in [0.1, 0.15) is 18.1 Å². The highest BCUT2D eigenvalue weighted by Gasteiger charge is 2.59. The second-order valence-corrected chi connectivity index (χ2v) is 11.1. The summed E-state index contributed by atoms with van der Waals surface area (Å²) in [5.74, 6) is -3.67. The zero-order chi connectivity index (χ0) is 28.4. The van der Waals surface area contributed by atoms with Gasteiger partial charge in [-0.2, -0.15) is 25.4 Å². The van der Waals surface area contributed by atoms with Crippen LogP contribution in [0.25, 0.3) is 0 Å². The third-order valence-electron chi connectivity index (χ3n) is 7.11. The Balaban J connectivity index is 2.07. The number of amides is 4. The quantitative estimate of drug-likeness (QED) is 0.386. The van der Waals surface area contributed by atoms with Crippen molar-refractivity contribution in [3.05, 3.63) is 38.8 Å². The summed E-state index contributed by atoms with van der Waals surface area (Å²) >= 11 is 1.44. The number of ketones is 1. The summed E-state index contributed by atoms with van der Waals surface area (Å²) in [4.78, 5) is 67.9. The van der Waals surface area contributed by atoms with Gasteiger partial charge < -0.3 is 14.9 Å². The lowest BCUT2D eigenvalue weighted by atomic mass is 9.97. The van der Waals surface area contributed by atoms with E-state index in [0.717, 1.165) is 17.4 Å². The van der Waals surface area contributed by atoms with E-state index >= 15 is 0 Å². The Morgan fingerprint density at radius 1 is 1.26 bits per heavy atom. The summed E-state index contributed by atoms with van der Waals surface area (Å²) in [6, 6.07) is -1.97. The number of nitrogens with zero attached hydrogens (tertiary/aromatic N) is 4. The molecule has 2 N–H and O–H groups in total.